The first-order valence-electron chi connectivity index (χ1n) is 20.1. The van der Waals surface area contributed by atoms with E-state index in [2.05, 4.69) is 13.8 Å². The predicted molar refractivity (Wildman–Crippen MR) is 203 cm³/mol. The summed E-state index contributed by atoms with van der Waals surface area (Å²) < 4.78 is 32.6. The molecule has 0 aromatic heterocycles. The lowest BCUT2D eigenvalue weighted by Gasteiger charge is -2.20. The van der Waals surface area contributed by atoms with Crippen molar-refractivity contribution < 1.29 is 52.9 Å². The van der Waals surface area contributed by atoms with Crippen LogP contribution in [0.15, 0.2) is 24.3 Å². The van der Waals surface area contributed by atoms with Crippen LogP contribution in [-0.4, -0.2) is 82.9 Å². The highest BCUT2D eigenvalue weighted by Crippen LogP contribution is 2.43. The average Bonchev–Trinajstić information content (AvgIpc) is 3.38. The molecule has 0 saturated heterocycles. The van der Waals surface area contributed by atoms with Gasteiger partial charge in [-0.3, -0.25) is 18.6 Å². The van der Waals surface area contributed by atoms with Gasteiger partial charge in [0.25, 0.3) is 0 Å². The normalized spacial score (nSPS) is 21.4. The third kappa shape index (κ3) is 24.6. The second-order valence-corrected chi connectivity index (χ2v) is 15.6. The number of allylic oxidation sites excluding steroid dienone is 2. The Morgan fingerprint density at radius 3 is 2.08 bits per heavy atom. The molecule has 0 bridgehead atoms. The van der Waals surface area contributed by atoms with Crippen LogP contribution in [-0.2, 0) is 32.7 Å². The number of carbonyl (C=O) groups is 2. The van der Waals surface area contributed by atoms with Gasteiger partial charge in [0.15, 0.2) is 6.10 Å². The molecule has 1 fully saturated rings. The maximum absolute atomic E-state index is 12.5. The third-order valence-electron chi connectivity index (χ3n) is 9.41. The molecule has 1 aliphatic rings. The molecule has 1 rings (SSSR count). The molecule has 6 N–H and O–H groups in total. The molecular weight excluding hydrogens is 689 g/mol. The molecule has 0 aliphatic heterocycles. The Bertz CT molecular complexity index is 1030. The van der Waals surface area contributed by atoms with Crippen LogP contribution in [0.1, 0.15) is 149 Å². The quantitative estimate of drug-likeness (QED) is 0.0196. The van der Waals surface area contributed by atoms with Crippen LogP contribution < -0.4 is 5.73 Å². The zero-order valence-corrected chi connectivity index (χ0v) is 33.0. The van der Waals surface area contributed by atoms with Crippen molar-refractivity contribution >= 4 is 19.8 Å². The first kappa shape index (κ1) is 48.4. The Labute approximate surface area is 313 Å². The zero-order chi connectivity index (χ0) is 38.5. The summed E-state index contributed by atoms with van der Waals surface area (Å²) in [5.74, 6) is -1.42. The van der Waals surface area contributed by atoms with E-state index in [1.807, 2.05) is 18.2 Å². The molecule has 52 heavy (non-hydrogen) atoms. The van der Waals surface area contributed by atoms with Crippen LogP contribution >= 0.6 is 7.82 Å². The van der Waals surface area contributed by atoms with Gasteiger partial charge in [-0.05, 0) is 38.0 Å². The molecule has 13 heteroatoms. The number of hydrogen-bond donors (Lipinski definition) is 5. The number of rotatable bonds is 33. The van der Waals surface area contributed by atoms with Crippen LogP contribution in [0.5, 0.6) is 0 Å². The number of nitrogens with two attached hydrogens (primary N) is 1. The number of phosphoric ester groups is 1. The standard InChI is InChI=1S/C39H72NO11P/c1-3-5-7-8-9-10-11-12-13-14-20-24-39(45)51-33(31-50-52(46,47)49-28-27-40)30-48-38(44)23-19-16-15-18-22-34-35(37(43)29-36(34)42)26-25-32(41)21-17-6-4-2/h15,18,25-26,32-37,41-43H,3-14,16-17,19-24,27-31,40H2,1-2H3,(H,46,47)/b18-15+,26-25+/t32-,33+,34+,35+,36-,37+/m0/s1. The molecule has 0 amide bonds. The summed E-state index contributed by atoms with van der Waals surface area (Å²) in [5, 5.41) is 31.2. The van der Waals surface area contributed by atoms with Gasteiger partial charge < -0.3 is 35.4 Å². The number of aliphatic hydroxyl groups excluding tert-OH is 3. The monoisotopic (exact) mass is 761 g/mol. The van der Waals surface area contributed by atoms with Crippen molar-refractivity contribution in [1.29, 1.82) is 0 Å². The van der Waals surface area contributed by atoms with Gasteiger partial charge in [-0.25, -0.2) is 4.57 Å². The van der Waals surface area contributed by atoms with Crippen LogP contribution in [0.3, 0.4) is 0 Å². The highest BCUT2D eigenvalue weighted by Gasteiger charge is 2.39. The van der Waals surface area contributed by atoms with E-state index >= 15 is 0 Å². The second kappa shape index (κ2) is 30.7. The molecule has 0 spiro atoms. The number of hydrogen-bond acceptors (Lipinski definition) is 11. The number of unbranched alkanes of at least 4 members (excludes halogenated alkanes) is 13. The van der Waals surface area contributed by atoms with Crippen molar-refractivity contribution in [2.45, 2.75) is 173 Å². The predicted octanol–water partition coefficient (Wildman–Crippen LogP) is 7.21. The van der Waals surface area contributed by atoms with E-state index in [0.717, 1.165) is 38.5 Å². The Hall–Kier alpha value is -1.63. The van der Waals surface area contributed by atoms with Crippen molar-refractivity contribution in [3.8, 4) is 0 Å². The molecular formula is C39H72NO11P. The van der Waals surface area contributed by atoms with Crippen molar-refractivity contribution in [3.05, 3.63) is 24.3 Å². The zero-order valence-electron chi connectivity index (χ0n) is 32.1. The van der Waals surface area contributed by atoms with Gasteiger partial charge in [-0.2, -0.15) is 0 Å². The SMILES string of the molecule is CCCCCCCCCCCCCC(=O)O[C@H](COC(=O)CCC/C=C/C[C@@H]1[C@@H](/C=C/[C@@H](O)CCCCC)[C@H](O)C[C@@H]1O)COP(=O)(O)OCCN. The first-order chi connectivity index (χ1) is 25.0. The molecule has 0 radical (unpaired) electrons. The van der Waals surface area contributed by atoms with Crippen LogP contribution in [0, 0.1) is 11.8 Å². The lowest BCUT2D eigenvalue weighted by atomic mass is 9.89. The summed E-state index contributed by atoms with van der Waals surface area (Å²) in [6.07, 6.45) is 23.1. The number of aliphatic hydroxyl groups is 3. The Kier molecular flexibility index (Phi) is 28.5. The molecule has 0 aromatic rings. The summed E-state index contributed by atoms with van der Waals surface area (Å²) in [5.41, 5.74) is 5.33. The van der Waals surface area contributed by atoms with Crippen molar-refractivity contribution in [2.75, 3.05) is 26.4 Å². The highest BCUT2D eigenvalue weighted by atomic mass is 31.2. The number of ether oxygens (including phenoxy) is 2. The van der Waals surface area contributed by atoms with Crippen LogP contribution in [0.4, 0.5) is 0 Å². The fraction of sp³-hybridized carbons (Fsp3) is 0.846. The lowest BCUT2D eigenvalue weighted by Crippen LogP contribution is -2.29. The smallest absolute Gasteiger partial charge is 0.462 e. The van der Waals surface area contributed by atoms with Gasteiger partial charge in [0, 0.05) is 31.7 Å². The third-order valence-corrected chi connectivity index (χ3v) is 10.4. The first-order valence-corrected chi connectivity index (χ1v) is 21.6. The van der Waals surface area contributed by atoms with Crippen molar-refractivity contribution in [3.63, 3.8) is 0 Å². The van der Waals surface area contributed by atoms with Gasteiger partial charge in [0.2, 0.25) is 0 Å². The fourth-order valence-electron chi connectivity index (χ4n) is 6.33. The summed E-state index contributed by atoms with van der Waals surface area (Å²) in [6.45, 7) is 3.33. The van der Waals surface area contributed by atoms with E-state index in [4.69, 9.17) is 24.3 Å². The fourth-order valence-corrected chi connectivity index (χ4v) is 7.10. The van der Waals surface area contributed by atoms with Crippen LogP contribution in [0.25, 0.3) is 0 Å². The number of carbonyl (C=O) groups excluding carboxylic acids is 2. The molecule has 1 aliphatic carbocycles. The maximum Gasteiger partial charge on any atom is 0.472 e. The van der Waals surface area contributed by atoms with Crippen LogP contribution in [0.2, 0.25) is 0 Å². The van der Waals surface area contributed by atoms with E-state index in [1.165, 1.54) is 44.9 Å². The molecule has 0 aromatic carbocycles. The molecule has 1 saturated carbocycles. The van der Waals surface area contributed by atoms with Gasteiger partial charge >= 0.3 is 19.8 Å². The maximum atomic E-state index is 12.5. The minimum Gasteiger partial charge on any atom is -0.462 e. The lowest BCUT2D eigenvalue weighted by molar-refractivity contribution is -0.161. The summed E-state index contributed by atoms with van der Waals surface area (Å²) in [6, 6.07) is 0. The van der Waals surface area contributed by atoms with Crippen molar-refractivity contribution in [2.24, 2.45) is 17.6 Å². The summed E-state index contributed by atoms with van der Waals surface area (Å²) >= 11 is 0. The molecule has 1 unspecified atom stereocenters. The Balaban J connectivity index is 2.46. The molecule has 12 nitrogen and oxygen atoms in total. The van der Waals surface area contributed by atoms with E-state index in [0.29, 0.717) is 38.5 Å². The minimum atomic E-state index is -4.43. The number of phosphoric acid groups is 1. The number of esters is 2. The van der Waals surface area contributed by atoms with E-state index < -0.39 is 50.8 Å². The van der Waals surface area contributed by atoms with E-state index in [1.54, 1.807) is 6.08 Å². The van der Waals surface area contributed by atoms with Crippen molar-refractivity contribution in [1.82, 2.24) is 0 Å². The summed E-state index contributed by atoms with van der Waals surface area (Å²) in [4.78, 5) is 34.9. The van der Waals surface area contributed by atoms with Gasteiger partial charge in [-0.15, -0.1) is 0 Å². The Morgan fingerprint density at radius 2 is 1.42 bits per heavy atom. The average molecular weight is 762 g/mol. The van der Waals surface area contributed by atoms with E-state index in [9.17, 15) is 34.4 Å². The minimum absolute atomic E-state index is 0.0197. The molecule has 7 atom stereocenters. The molecule has 0 heterocycles. The van der Waals surface area contributed by atoms with Gasteiger partial charge in [0.1, 0.15) is 6.61 Å². The van der Waals surface area contributed by atoms with E-state index in [-0.39, 0.29) is 44.4 Å². The second-order valence-electron chi connectivity index (χ2n) is 14.1. The topological polar surface area (TPSA) is 195 Å². The van der Waals surface area contributed by atoms with Gasteiger partial charge in [-0.1, -0.05) is 122 Å². The Morgan fingerprint density at radius 1 is 0.808 bits per heavy atom. The highest BCUT2D eigenvalue weighted by molar-refractivity contribution is 7.47. The largest absolute Gasteiger partial charge is 0.472 e. The van der Waals surface area contributed by atoms with Gasteiger partial charge in [0.05, 0.1) is 31.5 Å². The molecule has 304 valence electrons. The summed E-state index contributed by atoms with van der Waals surface area (Å²) in [7, 11) is -4.43.